The van der Waals surface area contributed by atoms with Crippen molar-refractivity contribution in [3.05, 3.63) is 102 Å². The SMILES string of the molecule is [2H]C1(C(=O)OC)C(c2ccccc2)=NN(c2ccccc2)N=C1c1ccccc1. The maximum atomic E-state index is 12.9. The predicted molar refractivity (Wildman–Crippen MR) is 110 cm³/mol. The second-order valence-electron chi connectivity index (χ2n) is 6.12. The summed E-state index contributed by atoms with van der Waals surface area (Å²) in [4.78, 5) is 12.9. The van der Waals surface area contributed by atoms with E-state index in [1.807, 2.05) is 91.0 Å². The zero-order chi connectivity index (χ0) is 20.3. The number of anilines is 1. The van der Waals surface area contributed by atoms with E-state index in [1.54, 1.807) is 0 Å². The third-order valence-electron chi connectivity index (χ3n) is 4.33. The zero-order valence-electron chi connectivity index (χ0n) is 16.3. The lowest BCUT2D eigenvalue weighted by Gasteiger charge is -2.28. The summed E-state index contributed by atoms with van der Waals surface area (Å²) in [6.45, 7) is 0. The fourth-order valence-corrected chi connectivity index (χ4v) is 2.99. The fourth-order valence-electron chi connectivity index (χ4n) is 2.99. The van der Waals surface area contributed by atoms with E-state index < -0.39 is 11.9 Å². The molecule has 138 valence electrons. The number of nitrogens with zero attached hydrogens (tertiary/aromatic N) is 3. The van der Waals surface area contributed by atoms with Crippen LogP contribution in [0.1, 0.15) is 12.5 Å². The molecule has 5 nitrogen and oxygen atoms in total. The molecule has 0 bridgehead atoms. The minimum absolute atomic E-state index is 0.252. The average Bonchev–Trinajstić information content (AvgIpc) is 2.80. The Labute approximate surface area is 165 Å². The van der Waals surface area contributed by atoms with E-state index in [9.17, 15) is 6.17 Å². The molecular formula is C23H19N3O2. The molecule has 3 aromatic rings. The molecule has 3 aromatic carbocycles. The largest absolute Gasteiger partial charge is 0.468 e. The summed E-state index contributed by atoms with van der Waals surface area (Å²) >= 11 is 0. The van der Waals surface area contributed by atoms with E-state index in [2.05, 4.69) is 10.2 Å². The lowest BCUT2D eigenvalue weighted by molar-refractivity contribution is -0.141. The second-order valence-corrected chi connectivity index (χ2v) is 6.12. The van der Waals surface area contributed by atoms with E-state index in [0.29, 0.717) is 11.1 Å². The van der Waals surface area contributed by atoms with Crippen LogP contribution in [-0.4, -0.2) is 24.5 Å². The molecule has 1 heterocycles. The van der Waals surface area contributed by atoms with E-state index in [4.69, 9.17) is 4.74 Å². The Morgan fingerprint density at radius 3 is 1.68 bits per heavy atom. The number of esters is 1. The molecule has 5 heteroatoms. The molecule has 0 aromatic heterocycles. The Bertz CT molecular complexity index is 1010. The number of carbonyl (C=O) groups excluding carboxylic acids is 1. The third kappa shape index (κ3) is 3.42. The molecule has 0 N–H and O–H groups in total. The summed E-state index contributed by atoms with van der Waals surface area (Å²) < 4.78 is 14.2. The highest BCUT2D eigenvalue weighted by molar-refractivity contribution is 6.30. The maximum absolute atomic E-state index is 12.9. The molecule has 0 amide bonds. The van der Waals surface area contributed by atoms with Gasteiger partial charge in [-0.3, -0.25) is 4.79 Å². The van der Waals surface area contributed by atoms with Crippen molar-refractivity contribution in [1.29, 1.82) is 0 Å². The van der Waals surface area contributed by atoms with Crippen LogP contribution in [0.4, 0.5) is 5.69 Å². The number of carbonyl (C=O) groups is 1. The first-order chi connectivity index (χ1) is 14.1. The van der Waals surface area contributed by atoms with Crippen molar-refractivity contribution < 1.29 is 10.9 Å². The lowest BCUT2D eigenvalue weighted by Crippen LogP contribution is -2.40. The van der Waals surface area contributed by atoms with Gasteiger partial charge in [0.25, 0.3) is 0 Å². The van der Waals surface area contributed by atoms with Gasteiger partial charge in [-0.2, -0.15) is 15.3 Å². The van der Waals surface area contributed by atoms with Gasteiger partial charge in [0.1, 0.15) is 5.89 Å². The van der Waals surface area contributed by atoms with Gasteiger partial charge in [0.15, 0.2) is 0 Å². The van der Waals surface area contributed by atoms with Gasteiger partial charge in [0.2, 0.25) is 0 Å². The summed E-state index contributed by atoms with van der Waals surface area (Å²) in [6, 6.07) is 27.8. The molecule has 0 unspecified atom stereocenters. The minimum Gasteiger partial charge on any atom is -0.468 e. The van der Waals surface area contributed by atoms with Crippen LogP contribution in [0.25, 0.3) is 0 Å². The van der Waals surface area contributed by atoms with Crippen LogP contribution in [0.2, 0.25) is 0 Å². The highest BCUT2D eigenvalue weighted by Gasteiger charge is 2.37. The first kappa shape index (κ1) is 16.4. The summed E-state index contributed by atoms with van der Waals surface area (Å²) in [5.41, 5.74) is 2.53. The Morgan fingerprint density at radius 1 is 0.821 bits per heavy atom. The number of hydrogen-bond donors (Lipinski definition) is 0. The smallest absolute Gasteiger partial charge is 0.321 e. The molecule has 28 heavy (non-hydrogen) atoms. The molecule has 0 radical (unpaired) electrons. The monoisotopic (exact) mass is 370 g/mol. The Hall–Kier alpha value is -3.73. The summed E-state index contributed by atoms with van der Waals surface area (Å²) in [7, 11) is 1.27. The van der Waals surface area contributed by atoms with Gasteiger partial charge in [-0.25, -0.2) is 0 Å². The number of rotatable bonds is 4. The third-order valence-corrected chi connectivity index (χ3v) is 4.33. The van der Waals surface area contributed by atoms with Gasteiger partial charge in [0.05, 0.1) is 25.6 Å². The van der Waals surface area contributed by atoms with Gasteiger partial charge < -0.3 is 4.74 Å². The second kappa shape index (κ2) is 7.88. The molecule has 0 saturated heterocycles. The highest BCUT2D eigenvalue weighted by atomic mass is 16.5. The predicted octanol–water partition coefficient (Wildman–Crippen LogP) is 4.10. The van der Waals surface area contributed by atoms with Crippen LogP contribution in [-0.2, 0) is 9.53 Å². The van der Waals surface area contributed by atoms with Crippen molar-refractivity contribution in [1.82, 2.24) is 0 Å². The number of benzene rings is 3. The van der Waals surface area contributed by atoms with Gasteiger partial charge in [-0.15, -0.1) is 0 Å². The van der Waals surface area contributed by atoms with Crippen LogP contribution < -0.4 is 5.12 Å². The maximum Gasteiger partial charge on any atom is 0.321 e. The highest BCUT2D eigenvalue weighted by Crippen LogP contribution is 2.27. The molecule has 0 aliphatic carbocycles. The number of hydrazone groups is 2. The van der Waals surface area contributed by atoms with Gasteiger partial charge in [0, 0.05) is 0 Å². The van der Waals surface area contributed by atoms with Gasteiger partial charge in [-0.05, 0) is 23.3 Å². The molecule has 0 spiro atoms. The molecule has 1 aliphatic heterocycles. The zero-order valence-corrected chi connectivity index (χ0v) is 15.3. The molecule has 0 saturated carbocycles. The van der Waals surface area contributed by atoms with Crippen molar-refractivity contribution in [2.45, 2.75) is 0 Å². The van der Waals surface area contributed by atoms with E-state index >= 15 is 0 Å². The molecular weight excluding hydrogens is 350 g/mol. The normalized spacial score (nSPS) is 15.9. The molecule has 0 atom stereocenters. The minimum atomic E-state index is -1.91. The number of hydrogen-bond acceptors (Lipinski definition) is 5. The van der Waals surface area contributed by atoms with Crippen LogP contribution in [0.5, 0.6) is 0 Å². The first-order valence-electron chi connectivity index (χ1n) is 9.37. The van der Waals surface area contributed by atoms with Crippen LogP contribution in [0.15, 0.2) is 101 Å². The van der Waals surface area contributed by atoms with Gasteiger partial charge >= 0.3 is 5.97 Å². The van der Waals surface area contributed by atoms with Crippen LogP contribution in [0.3, 0.4) is 0 Å². The van der Waals surface area contributed by atoms with E-state index in [0.717, 1.165) is 5.69 Å². The number of methoxy groups -OCH3 is 1. The molecule has 0 fully saturated rings. The van der Waals surface area contributed by atoms with Crippen molar-refractivity contribution in [3.8, 4) is 0 Å². The van der Waals surface area contributed by atoms with Crippen LogP contribution in [0, 0.1) is 5.89 Å². The van der Waals surface area contributed by atoms with Crippen molar-refractivity contribution in [2.24, 2.45) is 16.1 Å². The standard InChI is InChI=1S/C23H19N3O2/c1-28-23(27)20-21(17-11-5-2-6-12-17)24-26(19-15-9-4-10-16-19)25-22(20)18-13-7-3-8-14-18/h2-16,20H,1H3/i20D. The number of para-hydroxylation sites is 1. The topological polar surface area (TPSA) is 54.3 Å². The van der Waals surface area contributed by atoms with Crippen molar-refractivity contribution >= 4 is 23.1 Å². The molecule has 4 rings (SSSR count). The Balaban J connectivity index is 1.98. The first-order valence-corrected chi connectivity index (χ1v) is 8.87. The number of ether oxygens (including phenoxy) is 1. The quantitative estimate of drug-likeness (QED) is 0.650. The summed E-state index contributed by atoms with van der Waals surface area (Å²) in [5.74, 6) is -2.65. The van der Waals surface area contributed by atoms with E-state index in [1.165, 1.54) is 12.2 Å². The van der Waals surface area contributed by atoms with Crippen molar-refractivity contribution in [2.75, 3.05) is 12.2 Å². The Kier molecular flexibility index (Phi) is 4.63. The molecule has 1 aliphatic rings. The van der Waals surface area contributed by atoms with Crippen LogP contribution >= 0.6 is 0 Å². The van der Waals surface area contributed by atoms with Crippen molar-refractivity contribution in [3.63, 3.8) is 0 Å². The van der Waals surface area contributed by atoms with Gasteiger partial charge in [-0.1, -0.05) is 78.9 Å². The van der Waals surface area contributed by atoms with E-state index in [-0.39, 0.29) is 11.4 Å². The lowest BCUT2D eigenvalue weighted by atomic mass is 9.88. The summed E-state index contributed by atoms with van der Waals surface area (Å²) in [6.07, 6.45) is 0. The fraction of sp³-hybridized carbons (Fsp3) is 0.0870. The average molecular weight is 370 g/mol. The Morgan fingerprint density at radius 2 is 1.25 bits per heavy atom. The summed E-state index contributed by atoms with van der Waals surface area (Å²) in [5, 5.41) is 10.6.